The number of esters is 1. The molecule has 0 N–H and O–H groups in total. The highest BCUT2D eigenvalue weighted by Gasteiger charge is 2.23. The van der Waals surface area contributed by atoms with Gasteiger partial charge in [0.05, 0.1) is 24.4 Å². The van der Waals surface area contributed by atoms with Gasteiger partial charge in [-0.25, -0.2) is 9.78 Å². The lowest BCUT2D eigenvalue weighted by molar-refractivity contribution is 0.0600. The Bertz CT molecular complexity index is 650. The normalized spacial score (nSPS) is 19.2. The van der Waals surface area contributed by atoms with E-state index in [-0.39, 0.29) is 5.97 Å². The van der Waals surface area contributed by atoms with Crippen molar-refractivity contribution < 1.29 is 9.53 Å². The molecule has 0 saturated carbocycles. The Labute approximate surface area is 124 Å². The summed E-state index contributed by atoms with van der Waals surface area (Å²) < 4.78 is 6.80. The van der Waals surface area contributed by atoms with Gasteiger partial charge in [0.2, 0.25) is 0 Å². The first-order valence-corrected chi connectivity index (χ1v) is 7.48. The third-order valence-electron chi connectivity index (χ3n) is 4.31. The molecule has 5 nitrogen and oxygen atoms in total. The van der Waals surface area contributed by atoms with E-state index in [1.54, 1.807) is 6.07 Å². The molecule has 5 heteroatoms. The van der Waals surface area contributed by atoms with E-state index >= 15 is 0 Å². The zero-order valence-corrected chi connectivity index (χ0v) is 12.6. The molecule has 1 aliphatic heterocycles. The Kier molecular flexibility index (Phi) is 3.92. The average molecular weight is 287 g/mol. The lowest BCUT2D eigenvalue weighted by atomic mass is 10.0. The zero-order valence-electron chi connectivity index (χ0n) is 12.6. The molecular formula is C16H21N3O2. The van der Waals surface area contributed by atoms with Crippen molar-refractivity contribution in [1.29, 1.82) is 0 Å². The molecule has 0 amide bonds. The first kappa shape index (κ1) is 14.1. The summed E-state index contributed by atoms with van der Waals surface area (Å²) >= 11 is 0. The third-order valence-corrected chi connectivity index (χ3v) is 4.31. The van der Waals surface area contributed by atoms with Crippen molar-refractivity contribution in [2.24, 2.45) is 5.92 Å². The van der Waals surface area contributed by atoms with Crippen molar-refractivity contribution in [3.8, 4) is 0 Å². The summed E-state index contributed by atoms with van der Waals surface area (Å²) in [4.78, 5) is 18.7. The number of hydrogen-bond donors (Lipinski definition) is 0. The van der Waals surface area contributed by atoms with Crippen molar-refractivity contribution >= 4 is 11.5 Å². The maximum absolute atomic E-state index is 11.7. The molecule has 1 aliphatic rings. The molecule has 112 valence electrons. The van der Waals surface area contributed by atoms with Crippen LogP contribution in [0.5, 0.6) is 0 Å². The van der Waals surface area contributed by atoms with Crippen molar-refractivity contribution in [2.45, 2.75) is 19.8 Å². The van der Waals surface area contributed by atoms with Gasteiger partial charge in [-0.1, -0.05) is 6.92 Å². The van der Waals surface area contributed by atoms with Crippen LogP contribution < -0.4 is 0 Å². The van der Waals surface area contributed by atoms with Gasteiger partial charge in [0.25, 0.3) is 0 Å². The van der Waals surface area contributed by atoms with Crippen LogP contribution in [0.25, 0.3) is 5.52 Å². The highest BCUT2D eigenvalue weighted by Crippen LogP contribution is 2.21. The first-order valence-electron chi connectivity index (χ1n) is 7.48. The minimum absolute atomic E-state index is 0.311. The van der Waals surface area contributed by atoms with Gasteiger partial charge in [-0.2, -0.15) is 0 Å². The van der Waals surface area contributed by atoms with Crippen LogP contribution in [0.15, 0.2) is 24.5 Å². The fourth-order valence-corrected chi connectivity index (χ4v) is 3.06. The van der Waals surface area contributed by atoms with E-state index in [1.807, 2.05) is 22.9 Å². The smallest absolute Gasteiger partial charge is 0.339 e. The zero-order chi connectivity index (χ0) is 14.8. The van der Waals surface area contributed by atoms with Gasteiger partial charge < -0.3 is 14.0 Å². The van der Waals surface area contributed by atoms with Gasteiger partial charge in [-0.15, -0.1) is 0 Å². The number of likely N-dealkylation sites (tertiary alicyclic amines) is 1. The number of hydrogen-bond acceptors (Lipinski definition) is 4. The van der Waals surface area contributed by atoms with Gasteiger partial charge in [-0.05, 0) is 37.6 Å². The summed E-state index contributed by atoms with van der Waals surface area (Å²) in [6.07, 6.45) is 5.87. The number of methoxy groups -OCH3 is 1. The molecule has 0 bridgehead atoms. The van der Waals surface area contributed by atoms with Crippen LogP contribution in [0.4, 0.5) is 0 Å². The number of nitrogens with zero attached hydrogens (tertiary/aromatic N) is 3. The van der Waals surface area contributed by atoms with Gasteiger partial charge in [-0.3, -0.25) is 0 Å². The second-order valence-electron chi connectivity index (χ2n) is 5.63. The molecule has 1 saturated heterocycles. The second-order valence-corrected chi connectivity index (χ2v) is 5.63. The standard InChI is InChI=1S/C16H21N3O2/c1-3-18-7-6-12(10-18)8-15-17-9-14-5-4-13(11-19(14)15)16(20)21-2/h4-5,9,11-12H,3,6-8,10H2,1-2H3. The number of fused-ring (bicyclic) bond motifs is 1. The van der Waals surface area contributed by atoms with Crippen LogP contribution >= 0.6 is 0 Å². The van der Waals surface area contributed by atoms with Crippen molar-refractivity contribution in [3.63, 3.8) is 0 Å². The molecule has 0 aliphatic carbocycles. The number of pyridine rings is 1. The third kappa shape index (κ3) is 2.78. The van der Waals surface area contributed by atoms with Crippen molar-refractivity contribution in [2.75, 3.05) is 26.7 Å². The summed E-state index contributed by atoms with van der Waals surface area (Å²) in [7, 11) is 1.40. The molecule has 0 spiro atoms. The Hall–Kier alpha value is -1.88. The second kappa shape index (κ2) is 5.85. The summed E-state index contributed by atoms with van der Waals surface area (Å²) in [5, 5.41) is 0. The van der Waals surface area contributed by atoms with Crippen LogP contribution in [0, 0.1) is 5.92 Å². The predicted octanol–water partition coefficient (Wildman–Crippen LogP) is 2.01. The number of rotatable bonds is 4. The summed E-state index contributed by atoms with van der Waals surface area (Å²) in [5.74, 6) is 1.37. The van der Waals surface area contributed by atoms with Gasteiger partial charge in [0, 0.05) is 19.2 Å². The monoisotopic (exact) mass is 287 g/mol. The van der Waals surface area contributed by atoms with Gasteiger partial charge in [0.1, 0.15) is 5.82 Å². The highest BCUT2D eigenvalue weighted by molar-refractivity contribution is 5.89. The molecule has 0 aromatic carbocycles. The fraction of sp³-hybridized carbons (Fsp3) is 0.500. The lowest BCUT2D eigenvalue weighted by Crippen LogP contribution is -2.20. The first-order chi connectivity index (χ1) is 10.2. The number of carbonyl (C=O) groups is 1. The average Bonchev–Trinajstić information content (AvgIpc) is 3.13. The van der Waals surface area contributed by atoms with E-state index in [4.69, 9.17) is 4.74 Å². The molecule has 21 heavy (non-hydrogen) atoms. The molecule has 0 radical (unpaired) electrons. The topological polar surface area (TPSA) is 46.8 Å². The van der Waals surface area contributed by atoms with Crippen LogP contribution in [-0.2, 0) is 11.2 Å². The number of carbonyl (C=O) groups excluding carboxylic acids is 1. The summed E-state index contributed by atoms with van der Waals surface area (Å²) in [6.45, 7) is 5.64. The summed E-state index contributed by atoms with van der Waals surface area (Å²) in [6, 6.07) is 3.69. The van der Waals surface area contributed by atoms with E-state index < -0.39 is 0 Å². The molecule has 1 fully saturated rings. The van der Waals surface area contributed by atoms with E-state index in [1.165, 1.54) is 20.1 Å². The van der Waals surface area contributed by atoms with Crippen molar-refractivity contribution in [3.05, 3.63) is 35.9 Å². The van der Waals surface area contributed by atoms with Crippen LogP contribution in [0.2, 0.25) is 0 Å². The Morgan fingerprint density at radius 3 is 3.05 bits per heavy atom. The molecule has 1 atom stereocenters. The largest absolute Gasteiger partial charge is 0.465 e. The number of imidazole rings is 1. The molecule has 2 aromatic heterocycles. The minimum atomic E-state index is -0.311. The molecule has 1 unspecified atom stereocenters. The van der Waals surface area contributed by atoms with Crippen molar-refractivity contribution in [1.82, 2.24) is 14.3 Å². The Morgan fingerprint density at radius 2 is 2.33 bits per heavy atom. The minimum Gasteiger partial charge on any atom is -0.465 e. The predicted molar refractivity (Wildman–Crippen MR) is 80.5 cm³/mol. The lowest BCUT2D eigenvalue weighted by Gasteiger charge is -2.12. The molecule has 2 aromatic rings. The van der Waals surface area contributed by atoms with Gasteiger partial charge >= 0.3 is 5.97 Å². The van der Waals surface area contributed by atoms with E-state index in [9.17, 15) is 4.79 Å². The van der Waals surface area contributed by atoms with Crippen LogP contribution in [0.3, 0.4) is 0 Å². The quantitative estimate of drug-likeness (QED) is 0.807. The fourth-order valence-electron chi connectivity index (χ4n) is 3.06. The summed E-state index contributed by atoms with van der Waals surface area (Å²) in [5.41, 5.74) is 1.58. The van der Waals surface area contributed by atoms with E-state index in [2.05, 4.69) is 16.8 Å². The van der Waals surface area contributed by atoms with Crippen LogP contribution in [-0.4, -0.2) is 47.0 Å². The molecule has 3 heterocycles. The number of ether oxygens (including phenoxy) is 1. The van der Waals surface area contributed by atoms with Crippen LogP contribution in [0.1, 0.15) is 29.5 Å². The Balaban J connectivity index is 1.83. The van der Waals surface area contributed by atoms with Gasteiger partial charge in [0.15, 0.2) is 0 Å². The molecular weight excluding hydrogens is 266 g/mol. The maximum Gasteiger partial charge on any atom is 0.339 e. The van der Waals surface area contributed by atoms with E-state index in [0.29, 0.717) is 11.5 Å². The molecule has 3 rings (SSSR count). The number of aromatic nitrogens is 2. The Morgan fingerprint density at radius 1 is 1.48 bits per heavy atom. The maximum atomic E-state index is 11.7. The SMILES string of the molecule is CCN1CCC(Cc2ncc3ccc(C(=O)OC)cn23)C1. The van der Waals surface area contributed by atoms with E-state index in [0.717, 1.165) is 30.9 Å². The highest BCUT2D eigenvalue weighted by atomic mass is 16.5.